The molecule has 132 valence electrons. The van der Waals surface area contributed by atoms with Crippen molar-refractivity contribution in [1.29, 1.82) is 0 Å². The van der Waals surface area contributed by atoms with Crippen LogP contribution in [0.4, 0.5) is 11.4 Å². The van der Waals surface area contributed by atoms with Crippen LogP contribution in [0.3, 0.4) is 0 Å². The average molecular weight is 333 g/mol. The topological polar surface area (TPSA) is 79.5 Å². The summed E-state index contributed by atoms with van der Waals surface area (Å²) < 4.78 is 4.98. The Balaban J connectivity index is 1.82. The highest BCUT2D eigenvalue weighted by molar-refractivity contribution is 5.95. The number of amides is 2. The van der Waals surface area contributed by atoms with E-state index in [-0.39, 0.29) is 11.8 Å². The third-order valence-corrected chi connectivity index (χ3v) is 4.38. The summed E-state index contributed by atoms with van der Waals surface area (Å²) in [5, 5.41) is 9.00. The predicted octanol–water partition coefficient (Wildman–Crippen LogP) is 2.38. The van der Waals surface area contributed by atoms with Crippen LogP contribution < -0.4 is 16.0 Å². The molecule has 1 aromatic carbocycles. The molecule has 0 spiro atoms. The number of hydrogen-bond acceptors (Lipinski definition) is 4. The molecule has 6 heteroatoms. The second-order valence-electron chi connectivity index (χ2n) is 6.23. The molecule has 1 atom stereocenters. The van der Waals surface area contributed by atoms with Crippen molar-refractivity contribution >= 4 is 23.2 Å². The SMILES string of the molecule is COC(C)C(=O)Nc1cccc(NC(=O)CCC2CCNCC2)c1. The highest BCUT2D eigenvalue weighted by atomic mass is 16.5. The Bertz CT molecular complexity index is 556. The molecule has 1 unspecified atom stereocenters. The number of ether oxygens (including phenoxy) is 1. The van der Waals surface area contributed by atoms with Gasteiger partial charge in [-0.05, 0) is 63.4 Å². The molecule has 24 heavy (non-hydrogen) atoms. The van der Waals surface area contributed by atoms with E-state index < -0.39 is 6.10 Å². The summed E-state index contributed by atoms with van der Waals surface area (Å²) >= 11 is 0. The fraction of sp³-hybridized carbons (Fsp3) is 0.556. The third kappa shape index (κ3) is 5.94. The van der Waals surface area contributed by atoms with Crippen molar-refractivity contribution in [2.75, 3.05) is 30.8 Å². The number of methoxy groups -OCH3 is 1. The van der Waals surface area contributed by atoms with Gasteiger partial charge in [0.2, 0.25) is 5.91 Å². The van der Waals surface area contributed by atoms with Gasteiger partial charge in [0.05, 0.1) is 0 Å². The van der Waals surface area contributed by atoms with Crippen LogP contribution in [0.2, 0.25) is 0 Å². The van der Waals surface area contributed by atoms with Crippen molar-refractivity contribution in [1.82, 2.24) is 5.32 Å². The van der Waals surface area contributed by atoms with Crippen molar-refractivity contribution in [2.45, 2.75) is 38.7 Å². The van der Waals surface area contributed by atoms with Gasteiger partial charge in [0, 0.05) is 24.9 Å². The standard InChI is InChI=1S/C18H27N3O3/c1-13(24-2)18(23)21-16-5-3-4-15(12-16)20-17(22)7-6-14-8-10-19-11-9-14/h3-5,12-14,19H,6-11H2,1-2H3,(H,20,22)(H,21,23). The van der Waals surface area contributed by atoms with E-state index in [1.165, 1.54) is 7.11 Å². The maximum Gasteiger partial charge on any atom is 0.253 e. The van der Waals surface area contributed by atoms with Crippen LogP contribution in [0.15, 0.2) is 24.3 Å². The van der Waals surface area contributed by atoms with Gasteiger partial charge in [-0.3, -0.25) is 9.59 Å². The first-order valence-corrected chi connectivity index (χ1v) is 8.52. The number of anilines is 2. The summed E-state index contributed by atoms with van der Waals surface area (Å²) in [5.41, 5.74) is 1.33. The molecule has 0 aromatic heterocycles. The number of carbonyl (C=O) groups excluding carboxylic acids is 2. The van der Waals surface area contributed by atoms with E-state index in [0.29, 0.717) is 23.7 Å². The summed E-state index contributed by atoms with van der Waals surface area (Å²) in [4.78, 5) is 23.9. The van der Waals surface area contributed by atoms with Crippen LogP contribution in [-0.2, 0) is 14.3 Å². The molecule has 0 aliphatic carbocycles. The van der Waals surface area contributed by atoms with Gasteiger partial charge in [-0.1, -0.05) is 6.07 Å². The molecule has 0 bridgehead atoms. The zero-order valence-corrected chi connectivity index (χ0v) is 14.4. The summed E-state index contributed by atoms with van der Waals surface area (Å²) in [7, 11) is 1.49. The van der Waals surface area contributed by atoms with Crippen molar-refractivity contribution in [3.8, 4) is 0 Å². The van der Waals surface area contributed by atoms with E-state index >= 15 is 0 Å². The van der Waals surface area contributed by atoms with Crippen molar-refractivity contribution in [3.05, 3.63) is 24.3 Å². The average Bonchev–Trinajstić information content (AvgIpc) is 2.60. The van der Waals surface area contributed by atoms with E-state index in [1.807, 2.05) is 6.07 Å². The monoisotopic (exact) mass is 333 g/mol. The number of rotatable bonds is 7. The smallest absolute Gasteiger partial charge is 0.253 e. The Morgan fingerprint density at radius 2 is 1.92 bits per heavy atom. The number of carbonyl (C=O) groups is 2. The van der Waals surface area contributed by atoms with Crippen molar-refractivity contribution in [3.63, 3.8) is 0 Å². The van der Waals surface area contributed by atoms with Gasteiger partial charge < -0.3 is 20.7 Å². The molecule has 3 N–H and O–H groups in total. The summed E-state index contributed by atoms with van der Waals surface area (Å²) in [6, 6.07) is 7.15. The molecule has 6 nitrogen and oxygen atoms in total. The number of hydrogen-bond donors (Lipinski definition) is 3. The maximum absolute atomic E-state index is 12.1. The minimum atomic E-state index is -0.520. The molecule has 0 radical (unpaired) electrons. The molecular weight excluding hydrogens is 306 g/mol. The van der Waals surface area contributed by atoms with Gasteiger partial charge in [-0.25, -0.2) is 0 Å². The Kier molecular flexibility index (Phi) is 7.21. The lowest BCUT2D eigenvalue weighted by atomic mass is 9.93. The lowest BCUT2D eigenvalue weighted by molar-refractivity contribution is -0.124. The first kappa shape index (κ1) is 18.4. The zero-order chi connectivity index (χ0) is 17.4. The molecule has 1 aliphatic heterocycles. The van der Waals surface area contributed by atoms with E-state index in [2.05, 4.69) is 16.0 Å². The van der Waals surface area contributed by atoms with Gasteiger partial charge >= 0.3 is 0 Å². The Morgan fingerprint density at radius 1 is 1.25 bits per heavy atom. The number of nitrogens with one attached hydrogen (secondary N) is 3. The first-order chi connectivity index (χ1) is 11.6. The highest BCUT2D eigenvalue weighted by Gasteiger charge is 2.15. The molecule has 1 heterocycles. The molecule has 2 rings (SSSR count). The zero-order valence-electron chi connectivity index (χ0n) is 14.4. The lowest BCUT2D eigenvalue weighted by Crippen LogP contribution is -2.28. The summed E-state index contributed by atoms with van der Waals surface area (Å²) in [6.45, 7) is 3.78. The Morgan fingerprint density at radius 3 is 2.58 bits per heavy atom. The van der Waals surface area contributed by atoms with Crippen LogP contribution in [0, 0.1) is 5.92 Å². The van der Waals surface area contributed by atoms with Crippen molar-refractivity contribution < 1.29 is 14.3 Å². The summed E-state index contributed by atoms with van der Waals surface area (Å²) in [6.07, 6.45) is 3.23. The molecular formula is C18H27N3O3. The largest absolute Gasteiger partial charge is 0.372 e. The Labute approximate surface area is 143 Å². The first-order valence-electron chi connectivity index (χ1n) is 8.52. The van der Waals surface area contributed by atoms with E-state index in [4.69, 9.17) is 4.74 Å². The van der Waals surface area contributed by atoms with Gasteiger partial charge in [-0.2, -0.15) is 0 Å². The fourth-order valence-electron chi connectivity index (χ4n) is 2.75. The fourth-order valence-corrected chi connectivity index (χ4v) is 2.75. The Hall–Kier alpha value is -1.92. The molecule has 0 saturated carbocycles. The normalized spacial score (nSPS) is 16.4. The van der Waals surface area contributed by atoms with Crippen LogP contribution in [0.25, 0.3) is 0 Å². The number of piperidine rings is 1. The third-order valence-electron chi connectivity index (χ3n) is 4.38. The quantitative estimate of drug-likeness (QED) is 0.716. The maximum atomic E-state index is 12.1. The van der Waals surface area contributed by atoms with Gasteiger partial charge in [0.1, 0.15) is 6.10 Å². The van der Waals surface area contributed by atoms with Gasteiger partial charge in [-0.15, -0.1) is 0 Å². The minimum absolute atomic E-state index is 0.0160. The molecule has 1 saturated heterocycles. The van der Waals surface area contributed by atoms with E-state index in [0.717, 1.165) is 32.4 Å². The lowest BCUT2D eigenvalue weighted by Gasteiger charge is -2.22. The van der Waals surface area contributed by atoms with Gasteiger partial charge in [0.15, 0.2) is 0 Å². The van der Waals surface area contributed by atoms with E-state index in [1.54, 1.807) is 25.1 Å². The molecule has 1 fully saturated rings. The molecule has 2 amide bonds. The molecule has 1 aromatic rings. The summed E-state index contributed by atoms with van der Waals surface area (Å²) in [5.74, 6) is 0.437. The number of benzene rings is 1. The van der Waals surface area contributed by atoms with Crippen LogP contribution in [0.1, 0.15) is 32.6 Å². The second-order valence-corrected chi connectivity index (χ2v) is 6.23. The van der Waals surface area contributed by atoms with Gasteiger partial charge in [0.25, 0.3) is 5.91 Å². The minimum Gasteiger partial charge on any atom is -0.372 e. The van der Waals surface area contributed by atoms with Crippen LogP contribution in [-0.4, -0.2) is 38.1 Å². The van der Waals surface area contributed by atoms with E-state index in [9.17, 15) is 9.59 Å². The van der Waals surface area contributed by atoms with Crippen LogP contribution in [0.5, 0.6) is 0 Å². The molecule has 1 aliphatic rings. The van der Waals surface area contributed by atoms with Crippen LogP contribution >= 0.6 is 0 Å². The second kappa shape index (κ2) is 9.39. The predicted molar refractivity (Wildman–Crippen MR) is 95.0 cm³/mol. The van der Waals surface area contributed by atoms with Crippen molar-refractivity contribution in [2.24, 2.45) is 5.92 Å². The highest BCUT2D eigenvalue weighted by Crippen LogP contribution is 2.19.